The van der Waals surface area contributed by atoms with E-state index in [0.29, 0.717) is 23.6 Å². The summed E-state index contributed by atoms with van der Waals surface area (Å²) in [6.07, 6.45) is 4.45. The lowest BCUT2D eigenvalue weighted by Crippen LogP contribution is -2.54. The lowest BCUT2D eigenvalue weighted by atomic mass is 9.84. The minimum Gasteiger partial charge on any atom is -0.375 e. The van der Waals surface area contributed by atoms with Crippen LogP contribution in [0.25, 0.3) is 0 Å². The van der Waals surface area contributed by atoms with E-state index in [9.17, 15) is 0 Å². The van der Waals surface area contributed by atoms with E-state index in [2.05, 4.69) is 38.0 Å². The topological polar surface area (TPSA) is 24.5 Å². The highest BCUT2D eigenvalue weighted by molar-refractivity contribution is 4.93. The fourth-order valence-corrected chi connectivity index (χ4v) is 3.25. The summed E-state index contributed by atoms with van der Waals surface area (Å²) in [5, 5.41) is 3.40. The van der Waals surface area contributed by atoms with Crippen molar-refractivity contribution in [2.24, 2.45) is 5.41 Å². The highest BCUT2D eigenvalue weighted by Crippen LogP contribution is 2.32. The van der Waals surface area contributed by atoms with Crippen LogP contribution < -0.4 is 5.32 Å². The minimum absolute atomic E-state index is 0.319. The minimum atomic E-state index is 0.319. The van der Waals surface area contributed by atoms with Gasteiger partial charge in [0, 0.05) is 25.2 Å². The zero-order chi connectivity index (χ0) is 12.5. The van der Waals surface area contributed by atoms with E-state index >= 15 is 0 Å². The normalized spacial score (nSPS) is 32.5. The van der Waals surface area contributed by atoms with Gasteiger partial charge in [0.15, 0.2) is 0 Å². The molecule has 2 rings (SSSR count). The van der Waals surface area contributed by atoms with Gasteiger partial charge in [-0.3, -0.25) is 4.90 Å². The standard InChI is InChI=1S/C14H28N2O/c1-11(15-4)14(2,3)10-16-8-9-17-13-7-5-6-12(13)16/h11-13,15H,5-10H2,1-4H3. The molecule has 1 aliphatic heterocycles. The second-order valence-electron chi connectivity index (χ2n) is 6.38. The van der Waals surface area contributed by atoms with E-state index in [4.69, 9.17) is 4.74 Å². The summed E-state index contributed by atoms with van der Waals surface area (Å²) in [7, 11) is 2.06. The van der Waals surface area contributed by atoms with Crippen molar-refractivity contribution < 1.29 is 4.74 Å². The lowest BCUT2D eigenvalue weighted by molar-refractivity contribution is -0.0681. The van der Waals surface area contributed by atoms with Crippen molar-refractivity contribution in [3.63, 3.8) is 0 Å². The molecule has 0 spiro atoms. The van der Waals surface area contributed by atoms with Crippen LogP contribution in [0.4, 0.5) is 0 Å². The first-order chi connectivity index (χ1) is 8.04. The van der Waals surface area contributed by atoms with Gasteiger partial charge in [0.25, 0.3) is 0 Å². The van der Waals surface area contributed by atoms with E-state index in [1.807, 2.05) is 0 Å². The summed E-state index contributed by atoms with van der Waals surface area (Å²) in [6.45, 7) is 10.2. The van der Waals surface area contributed by atoms with Crippen molar-refractivity contribution in [2.75, 3.05) is 26.7 Å². The van der Waals surface area contributed by atoms with Gasteiger partial charge in [0.1, 0.15) is 0 Å². The van der Waals surface area contributed by atoms with Crippen LogP contribution in [0.2, 0.25) is 0 Å². The van der Waals surface area contributed by atoms with E-state index < -0.39 is 0 Å². The summed E-state index contributed by atoms with van der Waals surface area (Å²) < 4.78 is 5.88. The third kappa shape index (κ3) is 2.83. The Hall–Kier alpha value is -0.120. The highest BCUT2D eigenvalue weighted by Gasteiger charge is 2.39. The first kappa shape index (κ1) is 13.3. The molecule has 0 aromatic rings. The molecule has 3 heteroatoms. The predicted molar refractivity (Wildman–Crippen MR) is 71.3 cm³/mol. The number of nitrogens with zero attached hydrogens (tertiary/aromatic N) is 1. The van der Waals surface area contributed by atoms with Gasteiger partial charge in [0.2, 0.25) is 0 Å². The number of ether oxygens (including phenoxy) is 1. The zero-order valence-corrected chi connectivity index (χ0v) is 11.8. The smallest absolute Gasteiger partial charge is 0.0730 e. The van der Waals surface area contributed by atoms with Gasteiger partial charge in [-0.25, -0.2) is 0 Å². The van der Waals surface area contributed by atoms with Gasteiger partial charge in [-0.15, -0.1) is 0 Å². The molecule has 1 saturated carbocycles. The molecule has 100 valence electrons. The van der Waals surface area contributed by atoms with Gasteiger partial charge in [-0.2, -0.15) is 0 Å². The number of nitrogens with one attached hydrogen (secondary N) is 1. The number of hydrogen-bond donors (Lipinski definition) is 1. The maximum absolute atomic E-state index is 5.88. The van der Waals surface area contributed by atoms with Crippen LogP contribution in [-0.4, -0.2) is 49.8 Å². The SMILES string of the molecule is CNC(C)C(C)(C)CN1CCOC2CCCC21. The molecule has 3 nitrogen and oxygen atoms in total. The molecule has 0 radical (unpaired) electrons. The molecule has 2 fully saturated rings. The fourth-order valence-electron chi connectivity index (χ4n) is 3.25. The van der Waals surface area contributed by atoms with Crippen molar-refractivity contribution in [2.45, 2.75) is 58.2 Å². The summed E-state index contributed by atoms with van der Waals surface area (Å²) in [5.74, 6) is 0. The number of fused-ring (bicyclic) bond motifs is 1. The molecule has 1 N–H and O–H groups in total. The molecule has 0 aromatic heterocycles. The zero-order valence-electron chi connectivity index (χ0n) is 11.8. The summed E-state index contributed by atoms with van der Waals surface area (Å²) in [6, 6.07) is 1.23. The van der Waals surface area contributed by atoms with Gasteiger partial charge in [0.05, 0.1) is 12.7 Å². The fraction of sp³-hybridized carbons (Fsp3) is 1.00. The second kappa shape index (κ2) is 5.25. The second-order valence-corrected chi connectivity index (χ2v) is 6.38. The molecule has 3 atom stereocenters. The van der Waals surface area contributed by atoms with Crippen molar-refractivity contribution in [1.82, 2.24) is 10.2 Å². The quantitative estimate of drug-likeness (QED) is 0.812. The van der Waals surface area contributed by atoms with E-state index in [-0.39, 0.29) is 0 Å². The molecule has 0 amide bonds. The molecular weight excluding hydrogens is 212 g/mol. The Bertz CT molecular complexity index is 255. The van der Waals surface area contributed by atoms with Crippen LogP contribution >= 0.6 is 0 Å². The van der Waals surface area contributed by atoms with Crippen molar-refractivity contribution in [1.29, 1.82) is 0 Å². The van der Waals surface area contributed by atoms with Crippen LogP contribution in [0.3, 0.4) is 0 Å². The maximum atomic E-state index is 5.88. The first-order valence-corrected chi connectivity index (χ1v) is 7.07. The van der Waals surface area contributed by atoms with Gasteiger partial charge >= 0.3 is 0 Å². The lowest BCUT2D eigenvalue weighted by Gasteiger charge is -2.43. The number of morpholine rings is 1. The van der Waals surface area contributed by atoms with Crippen LogP contribution in [0, 0.1) is 5.41 Å². The molecule has 1 heterocycles. The van der Waals surface area contributed by atoms with Crippen LogP contribution in [0.15, 0.2) is 0 Å². The molecule has 2 aliphatic rings. The predicted octanol–water partition coefficient (Wildman–Crippen LogP) is 1.87. The Morgan fingerprint density at radius 1 is 1.41 bits per heavy atom. The summed E-state index contributed by atoms with van der Waals surface area (Å²) >= 11 is 0. The van der Waals surface area contributed by atoms with Gasteiger partial charge in [-0.05, 0) is 38.6 Å². The highest BCUT2D eigenvalue weighted by atomic mass is 16.5. The monoisotopic (exact) mass is 240 g/mol. The van der Waals surface area contributed by atoms with Crippen molar-refractivity contribution in [3.05, 3.63) is 0 Å². The first-order valence-electron chi connectivity index (χ1n) is 7.07. The van der Waals surface area contributed by atoms with Crippen molar-refractivity contribution in [3.8, 4) is 0 Å². The van der Waals surface area contributed by atoms with E-state index in [0.717, 1.165) is 13.2 Å². The van der Waals surface area contributed by atoms with E-state index in [1.54, 1.807) is 0 Å². The molecular formula is C14H28N2O. The Morgan fingerprint density at radius 2 is 2.18 bits per heavy atom. The molecule has 1 saturated heterocycles. The molecule has 17 heavy (non-hydrogen) atoms. The summed E-state index contributed by atoms with van der Waals surface area (Å²) in [4.78, 5) is 2.68. The van der Waals surface area contributed by atoms with Crippen LogP contribution in [0.1, 0.15) is 40.0 Å². The third-order valence-corrected chi connectivity index (χ3v) is 4.81. The maximum Gasteiger partial charge on any atom is 0.0730 e. The Kier molecular flexibility index (Phi) is 4.11. The summed E-state index contributed by atoms with van der Waals surface area (Å²) in [5.41, 5.74) is 0.319. The van der Waals surface area contributed by atoms with E-state index in [1.165, 1.54) is 25.8 Å². The Labute approximate surface area is 106 Å². The average Bonchev–Trinajstić information content (AvgIpc) is 2.76. The Morgan fingerprint density at radius 3 is 2.88 bits per heavy atom. The van der Waals surface area contributed by atoms with Gasteiger partial charge in [-0.1, -0.05) is 13.8 Å². The largest absolute Gasteiger partial charge is 0.375 e. The number of hydrogen-bond acceptors (Lipinski definition) is 3. The molecule has 0 bridgehead atoms. The molecule has 1 aliphatic carbocycles. The Balaban J connectivity index is 1.97. The van der Waals surface area contributed by atoms with Crippen LogP contribution in [0.5, 0.6) is 0 Å². The molecule has 0 aromatic carbocycles. The van der Waals surface area contributed by atoms with Crippen molar-refractivity contribution >= 4 is 0 Å². The van der Waals surface area contributed by atoms with Gasteiger partial charge < -0.3 is 10.1 Å². The molecule has 3 unspecified atom stereocenters. The number of rotatable bonds is 4. The third-order valence-electron chi connectivity index (χ3n) is 4.81. The average molecular weight is 240 g/mol. The van der Waals surface area contributed by atoms with Crippen LogP contribution in [-0.2, 0) is 4.74 Å².